The summed E-state index contributed by atoms with van der Waals surface area (Å²) >= 11 is 0. The molecule has 2 aliphatic heterocycles. The average molecular weight is 355 g/mol. The molecule has 0 radical (unpaired) electrons. The van der Waals surface area contributed by atoms with E-state index in [0.717, 1.165) is 18.7 Å². The van der Waals surface area contributed by atoms with E-state index in [4.69, 9.17) is 0 Å². The Hall–Kier alpha value is -2.65. The predicted octanol–water partition coefficient (Wildman–Crippen LogP) is 5.08. The van der Waals surface area contributed by atoms with Crippen LogP contribution in [-0.2, 0) is 6.54 Å². The Morgan fingerprint density at radius 3 is 2.52 bits per heavy atom. The van der Waals surface area contributed by atoms with Gasteiger partial charge in [-0.15, -0.1) is 0 Å². The van der Waals surface area contributed by atoms with Crippen LogP contribution in [0.5, 0.6) is 0 Å². The van der Waals surface area contributed by atoms with Gasteiger partial charge in [0, 0.05) is 31.0 Å². The molecule has 3 heterocycles. The van der Waals surface area contributed by atoms with E-state index in [0.29, 0.717) is 12.1 Å². The molecule has 3 heteroatoms. The van der Waals surface area contributed by atoms with Gasteiger partial charge in [-0.1, -0.05) is 55.0 Å². The topological polar surface area (TPSA) is 21.1 Å². The highest BCUT2D eigenvalue weighted by atomic mass is 15.3. The summed E-state index contributed by atoms with van der Waals surface area (Å²) in [7, 11) is 0. The number of nitrogens with zero attached hydrogens (tertiary/aromatic N) is 3. The van der Waals surface area contributed by atoms with Gasteiger partial charge in [-0.2, -0.15) is 5.10 Å². The third-order valence-corrected chi connectivity index (χ3v) is 6.00. The molecule has 1 aromatic heterocycles. The van der Waals surface area contributed by atoms with Crippen LogP contribution in [0.25, 0.3) is 11.3 Å². The van der Waals surface area contributed by atoms with Crippen molar-refractivity contribution in [1.82, 2.24) is 14.7 Å². The summed E-state index contributed by atoms with van der Waals surface area (Å²) in [6.45, 7) is 1.07. The van der Waals surface area contributed by atoms with E-state index in [-0.39, 0.29) is 0 Å². The largest absolute Gasteiger partial charge is 0.289 e. The highest BCUT2D eigenvalue weighted by molar-refractivity contribution is 5.68. The molecule has 1 fully saturated rings. The van der Waals surface area contributed by atoms with Crippen molar-refractivity contribution >= 4 is 5.57 Å². The van der Waals surface area contributed by atoms with Crippen molar-refractivity contribution in [3.05, 3.63) is 90.3 Å². The summed E-state index contributed by atoms with van der Waals surface area (Å²) in [4.78, 5) is 2.72. The second-order valence-corrected chi connectivity index (χ2v) is 7.70. The molecular weight excluding hydrogens is 330 g/mol. The van der Waals surface area contributed by atoms with Gasteiger partial charge in [0.15, 0.2) is 0 Å². The first-order valence-electron chi connectivity index (χ1n) is 9.98. The molecule has 136 valence electrons. The minimum Gasteiger partial charge on any atom is -0.289 e. The molecule has 0 N–H and O–H groups in total. The first kappa shape index (κ1) is 16.5. The van der Waals surface area contributed by atoms with Crippen molar-refractivity contribution in [3.63, 3.8) is 0 Å². The zero-order valence-electron chi connectivity index (χ0n) is 15.5. The normalized spacial score (nSPS) is 22.4. The molecule has 27 heavy (non-hydrogen) atoms. The molecule has 0 saturated carbocycles. The zero-order chi connectivity index (χ0) is 18.1. The second kappa shape index (κ2) is 7.16. The number of hydrogen-bond acceptors (Lipinski definition) is 2. The Kier molecular flexibility index (Phi) is 4.38. The van der Waals surface area contributed by atoms with Crippen LogP contribution in [0.15, 0.2) is 79.1 Å². The fraction of sp³-hybridized carbons (Fsp3) is 0.292. The maximum absolute atomic E-state index is 4.32. The third-order valence-electron chi connectivity index (χ3n) is 6.00. The van der Waals surface area contributed by atoms with Gasteiger partial charge in [-0.3, -0.25) is 4.90 Å². The molecule has 2 unspecified atom stereocenters. The summed E-state index contributed by atoms with van der Waals surface area (Å²) in [6.07, 6.45) is 11.4. The van der Waals surface area contributed by atoms with E-state index >= 15 is 0 Å². The van der Waals surface area contributed by atoms with Gasteiger partial charge >= 0.3 is 0 Å². The lowest BCUT2D eigenvalue weighted by atomic mass is 9.82. The van der Waals surface area contributed by atoms with Crippen molar-refractivity contribution in [2.45, 2.75) is 44.3 Å². The van der Waals surface area contributed by atoms with Crippen LogP contribution < -0.4 is 0 Å². The van der Waals surface area contributed by atoms with Crippen LogP contribution in [0.2, 0.25) is 0 Å². The Morgan fingerprint density at radius 1 is 0.926 bits per heavy atom. The Morgan fingerprint density at radius 2 is 1.78 bits per heavy atom. The van der Waals surface area contributed by atoms with Crippen LogP contribution in [-0.4, -0.2) is 26.8 Å². The highest BCUT2D eigenvalue weighted by Gasteiger charge is 2.33. The Bertz CT molecular complexity index is 910. The Labute approximate surface area is 160 Å². The van der Waals surface area contributed by atoms with Crippen LogP contribution >= 0.6 is 0 Å². The van der Waals surface area contributed by atoms with Gasteiger partial charge in [-0.25, -0.2) is 4.68 Å². The van der Waals surface area contributed by atoms with E-state index in [1.807, 2.05) is 23.1 Å². The molecule has 0 aliphatic carbocycles. The van der Waals surface area contributed by atoms with Gasteiger partial charge in [0.2, 0.25) is 0 Å². The van der Waals surface area contributed by atoms with Crippen molar-refractivity contribution in [3.8, 4) is 5.69 Å². The maximum Gasteiger partial charge on any atom is 0.0645 e. The van der Waals surface area contributed by atoms with Gasteiger partial charge < -0.3 is 0 Å². The lowest BCUT2D eigenvalue weighted by molar-refractivity contribution is 0.0951. The van der Waals surface area contributed by atoms with Crippen LogP contribution in [0.4, 0.5) is 0 Å². The fourth-order valence-electron chi connectivity index (χ4n) is 4.62. The Balaban J connectivity index is 1.38. The van der Waals surface area contributed by atoms with Gasteiger partial charge in [0.05, 0.1) is 5.69 Å². The molecule has 2 bridgehead atoms. The molecule has 3 aromatic rings. The summed E-state index contributed by atoms with van der Waals surface area (Å²) in [5.74, 6) is 0. The number of rotatable bonds is 4. The van der Waals surface area contributed by atoms with Crippen molar-refractivity contribution in [2.75, 3.05) is 0 Å². The second-order valence-electron chi connectivity index (χ2n) is 7.70. The molecule has 3 nitrogen and oxygen atoms in total. The standard InChI is InChI=1S/C24H25N3/c1-2-6-19(7-3-1)18-26-23-8-4-9-24(26)17-21(16-23)20-10-12-22(13-11-20)27-15-5-14-25-27/h1-3,5-7,10-16,23-24H,4,8-9,17-18H2. The maximum atomic E-state index is 4.32. The minimum absolute atomic E-state index is 0.568. The lowest BCUT2D eigenvalue weighted by Crippen LogP contribution is -2.47. The molecular formula is C24H25N3. The van der Waals surface area contributed by atoms with Crippen LogP contribution in [0.3, 0.4) is 0 Å². The monoisotopic (exact) mass is 355 g/mol. The molecule has 0 amide bonds. The number of hydrogen-bond donors (Lipinski definition) is 0. The van der Waals surface area contributed by atoms with E-state index in [2.05, 4.69) is 70.7 Å². The number of fused-ring (bicyclic) bond motifs is 2. The van der Waals surface area contributed by atoms with E-state index in [9.17, 15) is 0 Å². The first-order valence-corrected chi connectivity index (χ1v) is 9.98. The number of benzene rings is 2. The van der Waals surface area contributed by atoms with E-state index in [1.165, 1.54) is 36.0 Å². The summed E-state index contributed by atoms with van der Waals surface area (Å²) in [5.41, 5.74) is 5.42. The van der Waals surface area contributed by atoms with Gasteiger partial charge in [-0.05, 0) is 54.2 Å². The predicted molar refractivity (Wildman–Crippen MR) is 110 cm³/mol. The highest BCUT2D eigenvalue weighted by Crippen LogP contribution is 2.38. The summed E-state index contributed by atoms with van der Waals surface area (Å²) in [6, 6.07) is 23.0. The van der Waals surface area contributed by atoms with Crippen LogP contribution in [0, 0.1) is 0 Å². The minimum atomic E-state index is 0.568. The third kappa shape index (κ3) is 3.35. The lowest BCUT2D eigenvalue weighted by Gasteiger charge is -2.45. The summed E-state index contributed by atoms with van der Waals surface area (Å²) < 4.78 is 1.91. The molecule has 2 aliphatic rings. The van der Waals surface area contributed by atoms with Gasteiger partial charge in [0.25, 0.3) is 0 Å². The quantitative estimate of drug-likeness (QED) is 0.650. The average Bonchev–Trinajstić information content (AvgIpc) is 3.24. The smallest absolute Gasteiger partial charge is 0.0645 e. The molecule has 1 saturated heterocycles. The number of piperidine rings is 1. The van der Waals surface area contributed by atoms with Crippen molar-refractivity contribution in [1.29, 1.82) is 0 Å². The molecule has 2 aromatic carbocycles. The van der Waals surface area contributed by atoms with Crippen molar-refractivity contribution < 1.29 is 0 Å². The fourth-order valence-corrected chi connectivity index (χ4v) is 4.62. The summed E-state index contributed by atoms with van der Waals surface area (Å²) in [5, 5.41) is 4.32. The molecule has 2 atom stereocenters. The van der Waals surface area contributed by atoms with Gasteiger partial charge in [0.1, 0.15) is 0 Å². The van der Waals surface area contributed by atoms with E-state index in [1.54, 1.807) is 0 Å². The SMILES string of the molecule is C1=C(c2ccc(-n3cccn3)cc2)CC2CCCC1N2Cc1ccccc1. The van der Waals surface area contributed by atoms with E-state index < -0.39 is 0 Å². The van der Waals surface area contributed by atoms with Crippen LogP contribution in [0.1, 0.15) is 36.8 Å². The van der Waals surface area contributed by atoms with Crippen molar-refractivity contribution in [2.24, 2.45) is 0 Å². The zero-order valence-corrected chi connectivity index (χ0v) is 15.5. The molecule has 0 spiro atoms. The first-order chi connectivity index (χ1) is 13.4. The number of aromatic nitrogens is 2. The molecule has 5 rings (SSSR count).